The predicted molar refractivity (Wildman–Crippen MR) is 55.6 cm³/mol. The Morgan fingerprint density at radius 2 is 1.93 bits per heavy atom. The van der Waals surface area contributed by atoms with E-state index in [-0.39, 0.29) is 12.3 Å². The highest BCUT2D eigenvalue weighted by atomic mass is 16.5. The molecule has 0 fully saturated rings. The first-order chi connectivity index (χ1) is 6.72. The maximum atomic E-state index is 10.8. The number of carbonyl (C=O) groups is 2. The summed E-state index contributed by atoms with van der Waals surface area (Å²) in [7, 11) is 0. The van der Waals surface area contributed by atoms with Crippen molar-refractivity contribution in [3.8, 4) is 0 Å². The Kier molecular flexibility index (Phi) is 5.28. The maximum absolute atomic E-state index is 10.8. The maximum Gasteiger partial charge on any atom is 0.332 e. The average molecular weight is 217 g/mol. The summed E-state index contributed by atoms with van der Waals surface area (Å²) >= 11 is 0. The number of carbonyl (C=O) groups excluding carboxylic acids is 1. The summed E-state index contributed by atoms with van der Waals surface area (Å²) in [6.45, 7) is 7.08. The van der Waals surface area contributed by atoms with Gasteiger partial charge in [-0.15, -0.1) is 0 Å². The number of hydrogen-bond donors (Lipinski definition) is 2. The van der Waals surface area contributed by atoms with Crippen LogP contribution in [0.2, 0.25) is 0 Å². The molecule has 5 heteroatoms. The lowest BCUT2D eigenvalue weighted by atomic mass is 10.1. The lowest BCUT2D eigenvalue weighted by Crippen LogP contribution is -2.36. The highest BCUT2D eigenvalue weighted by molar-refractivity contribution is 5.74. The Morgan fingerprint density at radius 3 is 2.27 bits per heavy atom. The molecule has 0 saturated heterocycles. The van der Waals surface area contributed by atoms with Crippen molar-refractivity contribution in [3.63, 3.8) is 0 Å². The molecule has 0 aliphatic carbocycles. The summed E-state index contributed by atoms with van der Waals surface area (Å²) in [6.07, 6.45) is -0.608. The van der Waals surface area contributed by atoms with Crippen molar-refractivity contribution in [1.82, 2.24) is 5.32 Å². The summed E-state index contributed by atoms with van der Waals surface area (Å²) in [5, 5.41) is 11.4. The number of hydrogen-bond acceptors (Lipinski definition) is 3. The van der Waals surface area contributed by atoms with Gasteiger partial charge in [0.2, 0.25) is 5.91 Å². The molecule has 0 aliphatic heterocycles. The van der Waals surface area contributed by atoms with Gasteiger partial charge in [0.05, 0.1) is 5.60 Å². The summed E-state index contributed by atoms with van der Waals surface area (Å²) in [5.74, 6) is -1.18. The van der Waals surface area contributed by atoms with E-state index in [9.17, 15) is 9.59 Å². The lowest BCUT2D eigenvalue weighted by Gasteiger charge is -2.24. The molecule has 1 amide bonds. The van der Waals surface area contributed by atoms with Crippen molar-refractivity contribution in [3.05, 3.63) is 0 Å². The number of aliphatic carboxylic acids is 1. The molecule has 0 heterocycles. The Labute approximate surface area is 89.8 Å². The third-order valence-corrected chi connectivity index (χ3v) is 1.55. The van der Waals surface area contributed by atoms with E-state index in [4.69, 9.17) is 9.84 Å². The summed E-state index contributed by atoms with van der Waals surface area (Å²) < 4.78 is 5.33. The zero-order valence-corrected chi connectivity index (χ0v) is 9.66. The Hall–Kier alpha value is -1.10. The SMILES string of the molecule is CC(=O)NCC[C@H](OC(C)(C)C)C(=O)O. The van der Waals surface area contributed by atoms with Crippen LogP contribution >= 0.6 is 0 Å². The topological polar surface area (TPSA) is 75.6 Å². The van der Waals surface area contributed by atoms with Crippen LogP contribution in [0.25, 0.3) is 0 Å². The van der Waals surface area contributed by atoms with Crippen molar-refractivity contribution in [2.24, 2.45) is 0 Å². The Bertz CT molecular complexity index is 232. The fourth-order valence-electron chi connectivity index (χ4n) is 1.04. The quantitative estimate of drug-likeness (QED) is 0.713. The first-order valence-electron chi connectivity index (χ1n) is 4.87. The normalized spacial score (nSPS) is 13.3. The van der Waals surface area contributed by atoms with E-state index in [2.05, 4.69) is 5.32 Å². The van der Waals surface area contributed by atoms with E-state index in [0.717, 1.165) is 0 Å². The molecule has 0 aromatic rings. The highest BCUT2D eigenvalue weighted by Gasteiger charge is 2.24. The van der Waals surface area contributed by atoms with Crippen molar-refractivity contribution in [2.75, 3.05) is 6.54 Å². The largest absolute Gasteiger partial charge is 0.479 e. The first kappa shape index (κ1) is 13.9. The van der Waals surface area contributed by atoms with Crippen molar-refractivity contribution < 1.29 is 19.4 Å². The third-order valence-electron chi connectivity index (χ3n) is 1.55. The molecule has 88 valence electrons. The van der Waals surface area contributed by atoms with Crippen LogP contribution in [0, 0.1) is 0 Å². The monoisotopic (exact) mass is 217 g/mol. The molecule has 0 saturated carbocycles. The Balaban J connectivity index is 4.06. The van der Waals surface area contributed by atoms with Crippen LogP contribution < -0.4 is 5.32 Å². The molecule has 5 nitrogen and oxygen atoms in total. The molecule has 0 aliphatic rings. The molecule has 0 spiro atoms. The van der Waals surface area contributed by atoms with Crippen molar-refractivity contribution >= 4 is 11.9 Å². The van der Waals surface area contributed by atoms with E-state index < -0.39 is 17.7 Å². The van der Waals surface area contributed by atoms with Gasteiger partial charge in [-0.2, -0.15) is 0 Å². The second kappa shape index (κ2) is 5.70. The van der Waals surface area contributed by atoms with E-state index >= 15 is 0 Å². The third kappa shape index (κ3) is 7.93. The average Bonchev–Trinajstić information content (AvgIpc) is 1.99. The van der Waals surface area contributed by atoms with Gasteiger partial charge < -0.3 is 15.2 Å². The number of amides is 1. The fourth-order valence-corrected chi connectivity index (χ4v) is 1.04. The number of carboxylic acids is 1. The smallest absolute Gasteiger partial charge is 0.332 e. The zero-order valence-electron chi connectivity index (χ0n) is 9.66. The minimum absolute atomic E-state index is 0.171. The van der Waals surface area contributed by atoms with Crippen LogP contribution in [-0.4, -0.2) is 35.2 Å². The molecule has 1 atom stereocenters. The minimum Gasteiger partial charge on any atom is -0.479 e. The van der Waals surface area contributed by atoms with Gasteiger partial charge in [-0.1, -0.05) is 0 Å². The number of rotatable bonds is 5. The number of carboxylic acid groups (broad SMARTS) is 1. The van der Waals surface area contributed by atoms with Gasteiger partial charge in [-0.25, -0.2) is 4.79 Å². The predicted octanol–water partition coefficient (Wildman–Crippen LogP) is 0.781. The van der Waals surface area contributed by atoms with E-state index in [0.29, 0.717) is 6.54 Å². The molecule has 2 N–H and O–H groups in total. The van der Waals surface area contributed by atoms with Gasteiger partial charge in [0.1, 0.15) is 0 Å². The lowest BCUT2D eigenvalue weighted by molar-refractivity contribution is -0.160. The van der Waals surface area contributed by atoms with Gasteiger partial charge in [0, 0.05) is 19.9 Å². The molecular weight excluding hydrogens is 198 g/mol. The summed E-state index contributed by atoms with van der Waals surface area (Å²) in [6, 6.07) is 0. The van der Waals surface area contributed by atoms with Gasteiger partial charge in [-0.05, 0) is 20.8 Å². The van der Waals surface area contributed by atoms with Crippen LogP contribution in [0.3, 0.4) is 0 Å². The Morgan fingerprint density at radius 1 is 1.40 bits per heavy atom. The molecule has 0 aromatic heterocycles. The van der Waals surface area contributed by atoms with Crippen LogP contribution in [0.4, 0.5) is 0 Å². The van der Waals surface area contributed by atoms with Gasteiger partial charge in [0.15, 0.2) is 6.10 Å². The van der Waals surface area contributed by atoms with E-state index in [1.807, 2.05) is 0 Å². The van der Waals surface area contributed by atoms with Crippen molar-refractivity contribution in [2.45, 2.75) is 45.8 Å². The molecule has 0 unspecified atom stereocenters. The van der Waals surface area contributed by atoms with Gasteiger partial charge in [-0.3, -0.25) is 4.79 Å². The van der Waals surface area contributed by atoms with Crippen molar-refractivity contribution in [1.29, 1.82) is 0 Å². The van der Waals surface area contributed by atoms with Gasteiger partial charge >= 0.3 is 5.97 Å². The number of ether oxygens (including phenoxy) is 1. The fraction of sp³-hybridized carbons (Fsp3) is 0.800. The summed E-state index contributed by atoms with van der Waals surface area (Å²) in [5.41, 5.74) is -0.501. The number of nitrogens with one attached hydrogen (secondary N) is 1. The van der Waals surface area contributed by atoms with E-state index in [1.165, 1.54) is 6.92 Å². The molecule has 0 radical (unpaired) electrons. The molecule has 0 aromatic carbocycles. The molecule has 0 bridgehead atoms. The van der Waals surface area contributed by atoms with Crippen LogP contribution in [0.15, 0.2) is 0 Å². The highest BCUT2D eigenvalue weighted by Crippen LogP contribution is 2.12. The molecule has 15 heavy (non-hydrogen) atoms. The molecule has 0 rings (SSSR count). The van der Waals surface area contributed by atoms with E-state index in [1.54, 1.807) is 20.8 Å². The second-order valence-electron chi connectivity index (χ2n) is 4.33. The first-order valence-corrected chi connectivity index (χ1v) is 4.87. The zero-order chi connectivity index (χ0) is 12.1. The minimum atomic E-state index is -1.00. The van der Waals surface area contributed by atoms with Gasteiger partial charge in [0.25, 0.3) is 0 Å². The second-order valence-corrected chi connectivity index (χ2v) is 4.33. The standard InChI is InChI=1S/C10H19NO4/c1-7(12)11-6-5-8(9(13)14)15-10(2,3)4/h8H,5-6H2,1-4H3,(H,11,12)(H,13,14)/t8-/m0/s1. The van der Waals surface area contributed by atoms with Crippen LogP contribution in [0.5, 0.6) is 0 Å². The summed E-state index contributed by atoms with van der Waals surface area (Å²) in [4.78, 5) is 21.4. The van der Waals surface area contributed by atoms with Crippen LogP contribution in [0.1, 0.15) is 34.1 Å². The molecular formula is C10H19NO4. The van der Waals surface area contributed by atoms with Crippen LogP contribution in [-0.2, 0) is 14.3 Å².